The van der Waals surface area contributed by atoms with E-state index in [2.05, 4.69) is 94.4 Å². The monoisotopic (exact) mass is 300 g/mol. The van der Waals surface area contributed by atoms with Gasteiger partial charge in [0.15, 0.2) is 0 Å². The largest absolute Gasteiger partial charge is 0.0620 e. The summed E-state index contributed by atoms with van der Waals surface area (Å²) in [4.78, 5) is 0. The average molecular weight is 300 g/mol. The number of hydrogen-bond acceptors (Lipinski definition) is 0. The molecule has 0 nitrogen and oxygen atoms in total. The van der Waals surface area contributed by atoms with Crippen molar-refractivity contribution in [2.75, 3.05) is 0 Å². The fourth-order valence-electron chi connectivity index (χ4n) is 3.03. The van der Waals surface area contributed by atoms with Gasteiger partial charge in [0.05, 0.1) is 0 Å². The Hall–Kier alpha value is -2.34. The molecule has 0 aliphatic carbocycles. The van der Waals surface area contributed by atoms with Crippen LogP contribution in [0.2, 0.25) is 0 Å². The summed E-state index contributed by atoms with van der Waals surface area (Å²) < 4.78 is 0. The highest BCUT2D eigenvalue weighted by Gasteiger charge is 2.07. The van der Waals surface area contributed by atoms with E-state index in [-0.39, 0.29) is 0 Å². The van der Waals surface area contributed by atoms with Gasteiger partial charge in [0.25, 0.3) is 0 Å². The molecule has 23 heavy (non-hydrogen) atoms. The number of benzene rings is 3. The Labute approximate surface area is 139 Å². The first kappa shape index (κ1) is 15.6. The van der Waals surface area contributed by atoms with Crippen LogP contribution in [-0.4, -0.2) is 0 Å². The summed E-state index contributed by atoms with van der Waals surface area (Å²) in [6, 6.07) is 24.3. The van der Waals surface area contributed by atoms with Crippen molar-refractivity contribution in [2.24, 2.45) is 0 Å². The van der Waals surface area contributed by atoms with Crippen molar-refractivity contribution >= 4 is 0 Å². The highest BCUT2D eigenvalue weighted by molar-refractivity contribution is 5.77. The third-order valence-electron chi connectivity index (χ3n) is 4.58. The summed E-state index contributed by atoms with van der Waals surface area (Å²) in [6.45, 7) is 8.83. The van der Waals surface area contributed by atoms with Gasteiger partial charge in [0.1, 0.15) is 0 Å². The first-order valence-corrected chi connectivity index (χ1v) is 8.33. The number of hydrogen-bond donors (Lipinski definition) is 0. The van der Waals surface area contributed by atoms with Gasteiger partial charge in [-0.1, -0.05) is 74.5 Å². The van der Waals surface area contributed by atoms with Crippen LogP contribution in [0.4, 0.5) is 0 Å². The quantitative estimate of drug-likeness (QED) is 0.501. The maximum atomic E-state index is 2.32. The molecule has 0 bridgehead atoms. The Balaban J connectivity index is 2.05. The van der Waals surface area contributed by atoms with Crippen LogP contribution in [0.1, 0.15) is 36.5 Å². The molecule has 0 N–H and O–H groups in total. The van der Waals surface area contributed by atoms with Crippen molar-refractivity contribution in [1.82, 2.24) is 0 Å². The molecule has 0 radical (unpaired) electrons. The summed E-state index contributed by atoms with van der Waals surface area (Å²) >= 11 is 0. The van der Waals surface area contributed by atoms with E-state index >= 15 is 0 Å². The third-order valence-corrected chi connectivity index (χ3v) is 4.58. The predicted molar refractivity (Wildman–Crippen MR) is 101 cm³/mol. The second kappa shape index (κ2) is 6.42. The molecule has 116 valence electrons. The van der Waals surface area contributed by atoms with Crippen LogP contribution in [0.5, 0.6) is 0 Å². The minimum Gasteiger partial charge on any atom is -0.0620 e. The van der Waals surface area contributed by atoms with E-state index in [1.54, 1.807) is 0 Å². The molecule has 3 aromatic rings. The molecule has 0 atom stereocenters. The van der Waals surface area contributed by atoms with E-state index in [0.29, 0.717) is 5.92 Å². The molecule has 0 spiro atoms. The smallest absolute Gasteiger partial charge is 0.0146 e. The fraction of sp³-hybridized carbons (Fsp3) is 0.217. The second-order valence-electron chi connectivity index (χ2n) is 6.62. The molecule has 0 aliphatic heterocycles. The van der Waals surface area contributed by atoms with Crippen LogP contribution in [0.15, 0.2) is 66.7 Å². The Bertz CT molecular complexity index is 808. The normalized spacial score (nSPS) is 11.0. The average Bonchev–Trinajstić information content (AvgIpc) is 2.56. The lowest BCUT2D eigenvalue weighted by atomic mass is 9.92. The molecule has 0 aromatic heterocycles. The summed E-state index contributed by atoms with van der Waals surface area (Å²) in [6.07, 6.45) is 0. The number of rotatable bonds is 3. The van der Waals surface area contributed by atoms with Crippen molar-refractivity contribution in [3.8, 4) is 22.3 Å². The summed E-state index contributed by atoms with van der Waals surface area (Å²) in [7, 11) is 0. The topological polar surface area (TPSA) is 0 Å². The summed E-state index contributed by atoms with van der Waals surface area (Å²) in [5, 5.41) is 0. The van der Waals surface area contributed by atoms with Crippen LogP contribution in [0.3, 0.4) is 0 Å². The lowest BCUT2D eigenvalue weighted by Crippen LogP contribution is -1.90. The Morgan fingerprint density at radius 3 is 1.87 bits per heavy atom. The molecule has 0 amide bonds. The molecule has 0 aliphatic rings. The minimum absolute atomic E-state index is 0.574. The predicted octanol–water partition coefficient (Wildman–Crippen LogP) is 6.76. The van der Waals surface area contributed by atoms with Crippen LogP contribution < -0.4 is 0 Å². The molecule has 3 rings (SSSR count). The minimum atomic E-state index is 0.574. The van der Waals surface area contributed by atoms with Gasteiger partial charge in [-0.15, -0.1) is 0 Å². The molecular weight excluding hydrogens is 276 g/mol. The highest BCUT2D eigenvalue weighted by atomic mass is 14.1. The summed E-state index contributed by atoms with van der Waals surface area (Å²) in [5.74, 6) is 0.574. The zero-order valence-electron chi connectivity index (χ0n) is 14.4. The zero-order chi connectivity index (χ0) is 16.4. The van der Waals surface area contributed by atoms with Gasteiger partial charge in [-0.3, -0.25) is 0 Å². The van der Waals surface area contributed by atoms with Gasteiger partial charge < -0.3 is 0 Å². The molecule has 0 fully saturated rings. The molecule has 3 aromatic carbocycles. The Morgan fingerprint density at radius 2 is 1.22 bits per heavy atom. The van der Waals surface area contributed by atoms with Crippen LogP contribution >= 0.6 is 0 Å². The van der Waals surface area contributed by atoms with Gasteiger partial charge in [-0.05, 0) is 64.8 Å². The molecule has 0 saturated carbocycles. The van der Waals surface area contributed by atoms with Crippen molar-refractivity contribution in [3.05, 3.63) is 83.4 Å². The van der Waals surface area contributed by atoms with Gasteiger partial charge in [-0.25, -0.2) is 0 Å². The third kappa shape index (κ3) is 3.22. The fourth-order valence-corrected chi connectivity index (χ4v) is 3.03. The molecular formula is C23H24. The van der Waals surface area contributed by atoms with Gasteiger partial charge in [0.2, 0.25) is 0 Å². The van der Waals surface area contributed by atoms with Crippen molar-refractivity contribution in [1.29, 1.82) is 0 Å². The Morgan fingerprint density at radius 1 is 0.609 bits per heavy atom. The van der Waals surface area contributed by atoms with Gasteiger partial charge in [-0.2, -0.15) is 0 Å². The maximum absolute atomic E-state index is 2.32. The van der Waals surface area contributed by atoms with Crippen LogP contribution in [-0.2, 0) is 0 Å². The zero-order valence-corrected chi connectivity index (χ0v) is 14.4. The van der Waals surface area contributed by atoms with E-state index in [4.69, 9.17) is 0 Å². The van der Waals surface area contributed by atoms with E-state index < -0.39 is 0 Å². The highest BCUT2D eigenvalue weighted by Crippen LogP contribution is 2.31. The lowest BCUT2D eigenvalue weighted by molar-refractivity contribution is 0.867. The molecule has 0 saturated heterocycles. The van der Waals surface area contributed by atoms with Crippen molar-refractivity contribution in [2.45, 2.75) is 33.6 Å². The van der Waals surface area contributed by atoms with E-state index in [0.717, 1.165) is 0 Å². The maximum Gasteiger partial charge on any atom is -0.0146 e. The Kier molecular flexibility index (Phi) is 4.34. The van der Waals surface area contributed by atoms with Crippen LogP contribution in [0, 0.1) is 13.8 Å². The summed E-state index contributed by atoms with van der Waals surface area (Å²) in [5.41, 5.74) is 9.25. The second-order valence-corrected chi connectivity index (χ2v) is 6.62. The van der Waals surface area contributed by atoms with Crippen LogP contribution in [0.25, 0.3) is 22.3 Å². The lowest BCUT2D eigenvalue weighted by Gasteiger charge is -2.13. The molecule has 0 heteroatoms. The van der Waals surface area contributed by atoms with E-state index in [9.17, 15) is 0 Å². The standard InChI is InChI=1S/C23H24/c1-16(2)19-11-13-20(14-12-19)21-10-9-18(4)23(15-21)22-8-6-5-7-17(22)3/h5-16H,1-4H3. The molecule has 0 heterocycles. The van der Waals surface area contributed by atoms with Crippen molar-refractivity contribution < 1.29 is 0 Å². The van der Waals surface area contributed by atoms with Gasteiger partial charge >= 0.3 is 0 Å². The first-order chi connectivity index (χ1) is 11.1. The van der Waals surface area contributed by atoms with Crippen molar-refractivity contribution in [3.63, 3.8) is 0 Å². The molecule has 0 unspecified atom stereocenters. The van der Waals surface area contributed by atoms with Gasteiger partial charge in [0, 0.05) is 0 Å². The van der Waals surface area contributed by atoms with E-state index in [1.165, 1.54) is 38.9 Å². The number of aryl methyl sites for hydroxylation is 2. The SMILES string of the molecule is Cc1ccccc1-c1cc(-c2ccc(C(C)C)cc2)ccc1C. The van der Waals surface area contributed by atoms with E-state index in [1.807, 2.05) is 0 Å². The first-order valence-electron chi connectivity index (χ1n) is 8.33.